The van der Waals surface area contributed by atoms with Gasteiger partial charge in [-0.25, -0.2) is 13.4 Å². The summed E-state index contributed by atoms with van der Waals surface area (Å²) in [7, 11) is -3.69. The van der Waals surface area contributed by atoms with Crippen LogP contribution in [0.4, 0.5) is 5.69 Å². The van der Waals surface area contributed by atoms with Crippen molar-refractivity contribution >= 4 is 27.7 Å². The van der Waals surface area contributed by atoms with Crippen LogP contribution >= 0.6 is 0 Å². The highest BCUT2D eigenvalue weighted by Crippen LogP contribution is 2.22. The van der Waals surface area contributed by atoms with Crippen molar-refractivity contribution in [3.05, 3.63) is 89.0 Å². The number of nitrogens with zero attached hydrogens (tertiary/aromatic N) is 1. The summed E-state index contributed by atoms with van der Waals surface area (Å²) in [6.45, 7) is 1.96. The topological polar surface area (TPSA) is 111 Å². The van der Waals surface area contributed by atoms with Gasteiger partial charge in [-0.15, -0.1) is 0 Å². The molecule has 148 valence electrons. The molecule has 7 nitrogen and oxygen atoms in total. The average Bonchev–Trinajstić information content (AvgIpc) is 2.69. The molecule has 0 saturated carbocycles. The van der Waals surface area contributed by atoms with Crippen LogP contribution in [0, 0.1) is 6.92 Å². The Morgan fingerprint density at radius 1 is 1.10 bits per heavy atom. The lowest BCUT2D eigenvalue weighted by Gasteiger charge is -2.07. The number of aromatic nitrogens is 1. The maximum Gasteiger partial charge on any atom is 0.255 e. The first kappa shape index (κ1) is 20.1. The van der Waals surface area contributed by atoms with Crippen molar-refractivity contribution in [1.29, 1.82) is 0 Å². The van der Waals surface area contributed by atoms with E-state index in [1.54, 1.807) is 18.2 Å². The molecular weight excluding hydrogens is 390 g/mol. The highest BCUT2D eigenvalue weighted by atomic mass is 32.2. The van der Waals surface area contributed by atoms with E-state index in [2.05, 4.69) is 9.71 Å². The molecule has 3 N–H and O–H groups in total. The Kier molecular flexibility index (Phi) is 5.94. The lowest BCUT2D eigenvalue weighted by molar-refractivity contribution is 0.1000. The van der Waals surface area contributed by atoms with Crippen LogP contribution in [0.3, 0.4) is 0 Å². The summed E-state index contributed by atoms with van der Waals surface area (Å²) in [6, 6.07) is 16.9. The zero-order valence-corrected chi connectivity index (χ0v) is 16.4. The monoisotopic (exact) mass is 409 g/mol. The van der Waals surface area contributed by atoms with Crippen LogP contribution in [-0.4, -0.2) is 19.3 Å². The molecule has 0 saturated heterocycles. The summed E-state index contributed by atoms with van der Waals surface area (Å²) in [5.41, 5.74) is 7.72. The van der Waals surface area contributed by atoms with Gasteiger partial charge in [0, 0.05) is 11.6 Å². The number of anilines is 1. The number of carbonyl (C=O) groups is 1. The Balaban J connectivity index is 1.66. The Bertz CT molecular complexity index is 1140. The van der Waals surface area contributed by atoms with Crippen molar-refractivity contribution in [2.75, 3.05) is 4.72 Å². The average molecular weight is 409 g/mol. The number of nitrogens with two attached hydrogens (primary N) is 1. The van der Waals surface area contributed by atoms with Gasteiger partial charge in [0.05, 0.1) is 17.3 Å². The molecule has 1 heterocycles. The third-order valence-electron chi connectivity index (χ3n) is 3.85. The highest BCUT2D eigenvalue weighted by molar-refractivity contribution is 7.95. The first-order chi connectivity index (χ1) is 13.8. The fraction of sp³-hybridized carbons (Fsp3) is 0.0476. The van der Waals surface area contributed by atoms with Gasteiger partial charge in [0.1, 0.15) is 5.75 Å². The summed E-state index contributed by atoms with van der Waals surface area (Å²) in [5.74, 6) is 0.0692. The van der Waals surface area contributed by atoms with E-state index in [4.69, 9.17) is 10.5 Å². The molecule has 0 aliphatic heterocycles. The van der Waals surface area contributed by atoms with Crippen LogP contribution < -0.4 is 15.2 Å². The largest absolute Gasteiger partial charge is 0.439 e. The second kappa shape index (κ2) is 8.57. The molecule has 0 fully saturated rings. The van der Waals surface area contributed by atoms with E-state index in [0.29, 0.717) is 11.3 Å². The predicted molar refractivity (Wildman–Crippen MR) is 112 cm³/mol. The van der Waals surface area contributed by atoms with E-state index in [1.165, 1.54) is 30.5 Å². The third kappa shape index (κ3) is 5.91. The van der Waals surface area contributed by atoms with Gasteiger partial charge in [-0.05, 0) is 42.8 Å². The van der Waals surface area contributed by atoms with E-state index in [-0.39, 0.29) is 11.6 Å². The van der Waals surface area contributed by atoms with Gasteiger partial charge >= 0.3 is 0 Å². The van der Waals surface area contributed by atoms with Crippen LogP contribution in [0.15, 0.2) is 72.3 Å². The molecule has 0 spiro atoms. The lowest BCUT2D eigenvalue weighted by Crippen LogP contribution is -2.10. The first-order valence-electron chi connectivity index (χ1n) is 8.62. The molecular formula is C21H19N3O4S. The summed E-state index contributed by atoms with van der Waals surface area (Å²) in [4.78, 5) is 15.3. The Labute approximate surface area is 168 Å². The number of sulfonamides is 1. The number of ether oxygens (including phenoxy) is 1. The van der Waals surface area contributed by atoms with Crippen LogP contribution in [0.1, 0.15) is 21.5 Å². The molecule has 0 radical (unpaired) electrons. The SMILES string of the molecule is Cc1ccc(/C=C/S(=O)(=O)Nc2ccc(Oc3cccc(C(N)=O)c3)nc2)cc1. The van der Waals surface area contributed by atoms with Gasteiger partial charge in [-0.2, -0.15) is 0 Å². The number of primary amides is 1. The first-order valence-corrected chi connectivity index (χ1v) is 10.2. The number of rotatable bonds is 7. The second-order valence-corrected chi connectivity index (χ2v) is 7.81. The number of nitrogens with one attached hydrogen (secondary N) is 1. The van der Waals surface area contributed by atoms with Gasteiger partial charge in [0.2, 0.25) is 11.8 Å². The van der Waals surface area contributed by atoms with Crippen molar-refractivity contribution < 1.29 is 17.9 Å². The summed E-state index contributed by atoms with van der Waals surface area (Å²) in [5, 5.41) is 1.09. The van der Waals surface area contributed by atoms with Gasteiger partial charge in [0.25, 0.3) is 10.0 Å². The molecule has 1 aromatic heterocycles. The van der Waals surface area contributed by atoms with Crippen molar-refractivity contribution in [2.24, 2.45) is 5.73 Å². The Morgan fingerprint density at radius 3 is 2.52 bits per heavy atom. The molecule has 0 aliphatic rings. The lowest BCUT2D eigenvalue weighted by atomic mass is 10.2. The number of carbonyl (C=O) groups excluding carboxylic acids is 1. The maximum absolute atomic E-state index is 12.2. The second-order valence-electron chi connectivity index (χ2n) is 6.24. The molecule has 29 heavy (non-hydrogen) atoms. The predicted octanol–water partition coefficient (Wildman–Crippen LogP) is 3.69. The van der Waals surface area contributed by atoms with Crippen LogP contribution in [-0.2, 0) is 10.0 Å². The summed E-state index contributed by atoms with van der Waals surface area (Å²) >= 11 is 0. The minimum absolute atomic E-state index is 0.241. The minimum atomic E-state index is -3.69. The molecule has 1 amide bonds. The van der Waals surface area contributed by atoms with Crippen molar-refractivity contribution in [3.63, 3.8) is 0 Å². The van der Waals surface area contributed by atoms with Gasteiger partial charge in [0.15, 0.2) is 0 Å². The van der Waals surface area contributed by atoms with E-state index in [1.807, 2.05) is 31.2 Å². The van der Waals surface area contributed by atoms with E-state index >= 15 is 0 Å². The third-order valence-corrected chi connectivity index (χ3v) is 4.87. The Morgan fingerprint density at radius 2 is 1.86 bits per heavy atom. The molecule has 0 unspecified atom stereocenters. The normalized spacial score (nSPS) is 11.3. The zero-order valence-electron chi connectivity index (χ0n) is 15.6. The molecule has 3 aromatic rings. The van der Waals surface area contributed by atoms with Crippen molar-refractivity contribution in [3.8, 4) is 11.6 Å². The van der Waals surface area contributed by atoms with E-state index in [9.17, 15) is 13.2 Å². The van der Waals surface area contributed by atoms with Gasteiger partial charge < -0.3 is 10.5 Å². The smallest absolute Gasteiger partial charge is 0.255 e. The van der Waals surface area contributed by atoms with Crippen LogP contribution in [0.2, 0.25) is 0 Å². The Hall–Kier alpha value is -3.65. The summed E-state index contributed by atoms with van der Waals surface area (Å²) < 4.78 is 32.4. The number of pyridine rings is 1. The molecule has 2 aromatic carbocycles. The molecule has 8 heteroatoms. The van der Waals surface area contributed by atoms with Crippen LogP contribution in [0.5, 0.6) is 11.6 Å². The van der Waals surface area contributed by atoms with Gasteiger partial charge in [-0.1, -0.05) is 35.9 Å². The molecule has 3 rings (SSSR count). The highest BCUT2D eigenvalue weighted by Gasteiger charge is 2.08. The fourth-order valence-electron chi connectivity index (χ4n) is 2.38. The standard InChI is InChI=1S/C21H19N3O4S/c1-15-5-7-16(8-6-15)11-12-29(26,27)24-18-9-10-20(23-14-18)28-19-4-2-3-17(13-19)21(22)25/h2-14,24H,1H3,(H2,22,25)/b12-11+. The van der Waals surface area contributed by atoms with Gasteiger partial charge in [-0.3, -0.25) is 9.52 Å². The molecule has 0 bridgehead atoms. The number of aryl methyl sites for hydroxylation is 1. The number of amides is 1. The van der Waals surface area contributed by atoms with Crippen molar-refractivity contribution in [2.45, 2.75) is 6.92 Å². The number of hydrogen-bond donors (Lipinski definition) is 2. The van der Waals surface area contributed by atoms with Crippen molar-refractivity contribution in [1.82, 2.24) is 4.98 Å². The minimum Gasteiger partial charge on any atom is -0.439 e. The fourth-order valence-corrected chi connectivity index (χ4v) is 3.23. The maximum atomic E-state index is 12.2. The van der Waals surface area contributed by atoms with E-state index < -0.39 is 15.9 Å². The molecule has 0 atom stereocenters. The summed E-state index contributed by atoms with van der Waals surface area (Å²) in [6.07, 6.45) is 2.85. The number of benzene rings is 2. The zero-order chi connectivity index (χ0) is 20.9. The van der Waals surface area contributed by atoms with Crippen LogP contribution in [0.25, 0.3) is 6.08 Å². The number of hydrogen-bond acceptors (Lipinski definition) is 5. The molecule has 0 aliphatic carbocycles. The van der Waals surface area contributed by atoms with E-state index in [0.717, 1.165) is 16.5 Å². The quantitative estimate of drug-likeness (QED) is 0.618.